The molecule has 0 atom stereocenters. The van der Waals surface area contributed by atoms with Crippen molar-refractivity contribution in [3.05, 3.63) is 47.1 Å². The lowest BCUT2D eigenvalue weighted by atomic mass is 10.2. The largest absolute Gasteiger partial charge is 0.495 e. The molecule has 0 aliphatic heterocycles. The second-order valence-corrected chi connectivity index (χ2v) is 5.78. The van der Waals surface area contributed by atoms with Gasteiger partial charge in [-0.1, -0.05) is 11.6 Å². The monoisotopic (exact) mass is 362 g/mol. The van der Waals surface area contributed by atoms with Crippen LogP contribution in [0.25, 0.3) is 0 Å². The molecule has 134 valence electrons. The highest BCUT2D eigenvalue weighted by atomic mass is 35.5. The Kier molecular flexibility index (Phi) is 6.89. The number of hydrogen-bond acceptors (Lipinski definition) is 4. The van der Waals surface area contributed by atoms with Gasteiger partial charge in [0.1, 0.15) is 11.6 Å². The standard InChI is InChI=1S/C18H23ClN4O2/c1-4-23(5-2)17-10-13(8-9-20-17)12-21-18(24)22-15-11-14(19)6-7-16(15)25-3/h6-11H,4-5,12H2,1-3H3,(H2,21,22,24). The van der Waals surface area contributed by atoms with Gasteiger partial charge in [-0.05, 0) is 49.7 Å². The van der Waals surface area contributed by atoms with Crippen LogP contribution < -0.4 is 20.3 Å². The number of anilines is 2. The summed E-state index contributed by atoms with van der Waals surface area (Å²) in [6.45, 7) is 6.33. The number of rotatable bonds is 7. The average Bonchev–Trinajstić information content (AvgIpc) is 2.62. The lowest BCUT2D eigenvalue weighted by molar-refractivity contribution is 0.251. The van der Waals surface area contributed by atoms with Gasteiger partial charge in [0, 0.05) is 30.9 Å². The Morgan fingerprint density at radius 3 is 2.68 bits per heavy atom. The Bertz CT molecular complexity index is 720. The van der Waals surface area contributed by atoms with Crippen LogP contribution in [0, 0.1) is 0 Å². The first-order valence-corrected chi connectivity index (χ1v) is 8.53. The maximum atomic E-state index is 12.1. The SMILES string of the molecule is CCN(CC)c1cc(CNC(=O)Nc2cc(Cl)ccc2OC)ccn1. The van der Waals surface area contributed by atoms with Crippen molar-refractivity contribution >= 4 is 29.1 Å². The summed E-state index contributed by atoms with van der Waals surface area (Å²) in [6.07, 6.45) is 1.75. The molecule has 7 heteroatoms. The fraction of sp³-hybridized carbons (Fsp3) is 0.333. The summed E-state index contributed by atoms with van der Waals surface area (Å²) >= 11 is 5.97. The van der Waals surface area contributed by atoms with Crippen LogP contribution in [0.4, 0.5) is 16.3 Å². The smallest absolute Gasteiger partial charge is 0.319 e. The number of pyridine rings is 1. The summed E-state index contributed by atoms with van der Waals surface area (Å²) in [7, 11) is 1.54. The number of halogens is 1. The second-order valence-electron chi connectivity index (χ2n) is 5.35. The number of hydrogen-bond donors (Lipinski definition) is 2. The van der Waals surface area contributed by atoms with E-state index in [1.807, 2.05) is 12.1 Å². The molecule has 2 N–H and O–H groups in total. The lowest BCUT2D eigenvalue weighted by Gasteiger charge is -2.20. The van der Waals surface area contributed by atoms with Gasteiger partial charge in [-0.2, -0.15) is 0 Å². The lowest BCUT2D eigenvalue weighted by Crippen LogP contribution is -2.28. The summed E-state index contributed by atoms with van der Waals surface area (Å²) in [5.41, 5.74) is 1.50. The number of nitrogens with one attached hydrogen (secondary N) is 2. The highest BCUT2D eigenvalue weighted by Crippen LogP contribution is 2.27. The Hall–Kier alpha value is -2.47. The van der Waals surface area contributed by atoms with Crippen LogP contribution in [0.15, 0.2) is 36.5 Å². The molecule has 2 rings (SSSR count). The minimum Gasteiger partial charge on any atom is -0.495 e. The maximum Gasteiger partial charge on any atom is 0.319 e. The van der Waals surface area contributed by atoms with Crippen molar-refractivity contribution in [2.45, 2.75) is 20.4 Å². The first kappa shape index (κ1) is 18.9. The van der Waals surface area contributed by atoms with Crippen LogP contribution in [0.5, 0.6) is 5.75 Å². The molecule has 0 radical (unpaired) electrons. The van der Waals surface area contributed by atoms with Gasteiger partial charge in [0.25, 0.3) is 0 Å². The summed E-state index contributed by atoms with van der Waals surface area (Å²) < 4.78 is 5.22. The number of urea groups is 1. The fourth-order valence-electron chi connectivity index (χ4n) is 2.42. The van der Waals surface area contributed by atoms with Gasteiger partial charge < -0.3 is 20.3 Å². The molecule has 1 aromatic heterocycles. The number of methoxy groups -OCH3 is 1. The van der Waals surface area contributed by atoms with E-state index in [0.717, 1.165) is 24.5 Å². The highest BCUT2D eigenvalue weighted by Gasteiger charge is 2.09. The van der Waals surface area contributed by atoms with Crippen molar-refractivity contribution in [1.29, 1.82) is 0 Å². The van der Waals surface area contributed by atoms with E-state index in [0.29, 0.717) is 23.0 Å². The van der Waals surface area contributed by atoms with Crippen LogP contribution in [0.3, 0.4) is 0 Å². The minimum absolute atomic E-state index is 0.332. The van der Waals surface area contributed by atoms with Gasteiger partial charge in [-0.15, -0.1) is 0 Å². The average molecular weight is 363 g/mol. The first-order chi connectivity index (χ1) is 12.1. The fourth-order valence-corrected chi connectivity index (χ4v) is 2.59. The van der Waals surface area contributed by atoms with Gasteiger partial charge in [0.15, 0.2) is 0 Å². The molecular weight excluding hydrogens is 340 g/mol. The van der Waals surface area contributed by atoms with Crippen molar-refractivity contribution < 1.29 is 9.53 Å². The van der Waals surface area contributed by atoms with E-state index in [1.165, 1.54) is 7.11 Å². The van der Waals surface area contributed by atoms with E-state index < -0.39 is 0 Å². The number of benzene rings is 1. The third-order valence-electron chi connectivity index (χ3n) is 3.76. The van der Waals surface area contributed by atoms with E-state index in [9.17, 15) is 4.79 Å². The third kappa shape index (κ3) is 5.26. The number of aromatic nitrogens is 1. The molecule has 1 aromatic carbocycles. The minimum atomic E-state index is -0.332. The van der Waals surface area contributed by atoms with Gasteiger partial charge in [0.05, 0.1) is 12.8 Å². The molecule has 2 amide bonds. The van der Waals surface area contributed by atoms with E-state index in [2.05, 4.69) is 34.4 Å². The highest BCUT2D eigenvalue weighted by molar-refractivity contribution is 6.31. The molecule has 1 heterocycles. The topological polar surface area (TPSA) is 66.5 Å². The molecule has 6 nitrogen and oxygen atoms in total. The second kappa shape index (κ2) is 9.13. The summed E-state index contributed by atoms with van der Waals surface area (Å²) in [6, 6.07) is 8.58. The number of carbonyl (C=O) groups is 1. The Labute approximate surface area is 153 Å². The number of nitrogens with zero attached hydrogens (tertiary/aromatic N) is 2. The van der Waals surface area contributed by atoms with E-state index in [-0.39, 0.29) is 6.03 Å². The van der Waals surface area contributed by atoms with E-state index in [4.69, 9.17) is 16.3 Å². The maximum absolute atomic E-state index is 12.1. The van der Waals surface area contributed by atoms with Gasteiger partial charge in [0.2, 0.25) is 0 Å². The van der Waals surface area contributed by atoms with Gasteiger partial charge in [-0.25, -0.2) is 9.78 Å². The van der Waals surface area contributed by atoms with Crippen LogP contribution in [0.1, 0.15) is 19.4 Å². The predicted molar refractivity (Wildman–Crippen MR) is 102 cm³/mol. The van der Waals surface area contributed by atoms with E-state index >= 15 is 0 Å². The van der Waals surface area contributed by atoms with Crippen molar-refractivity contribution in [2.24, 2.45) is 0 Å². The van der Waals surface area contributed by atoms with Crippen LogP contribution in [0.2, 0.25) is 5.02 Å². The summed E-state index contributed by atoms with van der Waals surface area (Å²) in [5.74, 6) is 1.45. The molecule has 0 saturated heterocycles. The molecular formula is C18H23ClN4O2. The van der Waals surface area contributed by atoms with Crippen LogP contribution in [-0.4, -0.2) is 31.2 Å². The molecule has 0 aliphatic rings. The summed E-state index contributed by atoms with van der Waals surface area (Å²) in [5, 5.41) is 6.09. The molecule has 0 unspecified atom stereocenters. The zero-order chi connectivity index (χ0) is 18.2. The number of amides is 2. The Balaban J connectivity index is 1.99. The van der Waals surface area contributed by atoms with Crippen molar-refractivity contribution in [2.75, 3.05) is 30.4 Å². The van der Waals surface area contributed by atoms with Crippen LogP contribution in [-0.2, 0) is 6.54 Å². The quantitative estimate of drug-likeness (QED) is 0.783. The predicted octanol–water partition coefficient (Wildman–Crippen LogP) is 3.91. The number of ether oxygens (including phenoxy) is 1. The zero-order valence-corrected chi connectivity index (χ0v) is 15.4. The third-order valence-corrected chi connectivity index (χ3v) is 4.00. The number of carbonyl (C=O) groups excluding carboxylic acids is 1. The Morgan fingerprint density at radius 2 is 2.00 bits per heavy atom. The molecule has 0 saturated carbocycles. The van der Waals surface area contributed by atoms with Crippen molar-refractivity contribution in [3.63, 3.8) is 0 Å². The first-order valence-electron chi connectivity index (χ1n) is 8.15. The summed E-state index contributed by atoms with van der Waals surface area (Å²) in [4.78, 5) is 18.7. The Morgan fingerprint density at radius 1 is 1.24 bits per heavy atom. The van der Waals surface area contributed by atoms with Crippen LogP contribution >= 0.6 is 11.6 Å². The molecule has 0 spiro atoms. The van der Waals surface area contributed by atoms with Crippen molar-refractivity contribution in [3.8, 4) is 5.75 Å². The normalized spacial score (nSPS) is 10.2. The molecule has 0 bridgehead atoms. The zero-order valence-electron chi connectivity index (χ0n) is 14.7. The van der Waals surface area contributed by atoms with Crippen molar-refractivity contribution in [1.82, 2.24) is 10.3 Å². The molecule has 25 heavy (non-hydrogen) atoms. The molecule has 0 aliphatic carbocycles. The molecule has 0 fully saturated rings. The van der Waals surface area contributed by atoms with Gasteiger partial charge >= 0.3 is 6.03 Å². The van der Waals surface area contributed by atoms with Gasteiger partial charge in [-0.3, -0.25) is 0 Å². The van der Waals surface area contributed by atoms with E-state index in [1.54, 1.807) is 24.4 Å². The molecule has 2 aromatic rings.